The van der Waals surface area contributed by atoms with Gasteiger partial charge in [-0.1, -0.05) is 106 Å². The predicted octanol–water partition coefficient (Wildman–Crippen LogP) is -10.6. The standard InChI is InChI=1S/C45H43B13N2/c46-32-27(33(47)39(53)44(58)38(32)52)19-15-13-18(14-16-19)25-28-30(36(50)42(56)40(54)34(28)48)26(31-29(25)35(49)41(55)43(57)37(31)51)20-7-6-8-21(17-20)45-59-23-11-4-5-12-24(23)60(45)22-9-2-1-3-10-22/h1-17H,46-58H2. The number of hydrogen-bond acceptors (Lipinski definition) is 1. The first kappa shape index (κ1) is 40.0. The molecule has 1 heterocycles. The van der Waals surface area contributed by atoms with Gasteiger partial charge in [-0.2, -0.15) is 0 Å². The molecule has 0 aliphatic rings. The van der Waals surface area contributed by atoms with Gasteiger partial charge in [0.15, 0.2) is 0 Å². The van der Waals surface area contributed by atoms with Crippen molar-refractivity contribution in [3.05, 3.63) is 103 Å². The fourth-order valence-electron chi connectivity index (χ4n) is 10.3. The van der Waals surface area contributed by atoms with Gasteiger partial charge in [-0.25, -0.2) is 4.98 Å². The van der Waals surface area contributed by atoms with Crippen LogP contribution in [0.4, 0.5) is 0 Å². The van der Waals surface area contributed by atoms with Crippen molar-refractivity contribution in [1.82, 2.24) is 9.55 Å². The normalized spacial score (nSPS) is 11.5. The smallest absolute Gasteiger partial charge is 0.145 e. The van der Waals surface area contributed by atoms with E-state index in [1.54, 1.807) is 0 Å². The molecule has 0 bridgehead atoms. The monoisotopic (exact) mass is 754 g/mol. The maximum absolute atomic E-state index is 5.30. The van der Waals surface area contributed by atoms with Crippen LogP contribution in [0.2, 0.25) is 0 Å². The van der Waals surface area contributed by atoms with Crippen LogP contribution in [-0.2, 0) is 0 Å². The first-order valence-corrected chi connectivity index (χ1v) is 21.5. The molecule has 0 fully saturated rings. The number of fused-ring (bicyclic) bond motifs is 3. The van der Waals surface area contributed by atoms with Crippen LogP contribution in [0.15, 0.2) is 103 Å². The molecule has 60 heavy (non-hydrogen) atoms. The zero-order valence-electron chi connectivity index (χ0n) is 37.7. The third-order valence-corrected chi connectivity index (χ3v) is 14.8. The highest BCUT2D eigenvalue weighted by Gasteiger charge is 2.26. The molecule has 8 aromatic carbocycles. The van der Waals surface area contributed by atoms with E-state index in [2.05, 4.69) is 210 Å². The summed E-state index contributed by atoms with van der Waals surface area (Å²) in [6.45, 7) is 0. The van der Waals surface area contributed by atoms with Gasteiger partial charge < -0.3 is 0 Å². The molecule has 0 aliphatic carbocycles. The van der Waals surface area contributed by atoms with Gasteiger partial charge in [-0.15, -0.1) is 38.2 Å². The summed E-state index contributed by atoms with van der Waals surface area (Å²) in [6.07, 6.45) is 0. The maximum atomic E-state index is 5.30. The highest BCUT2D eigenvalue weighted by molar-refractivity contribution is 6.72. The van der Waals surface area contributed by atoms with Crippen LogP contribution in [0, 0.1) is 0 Å². The van der Waals surface area contributed by atoms with Crippen molar-refractivity contribution in [2.45, 2.75) is 0 Å². The van der Waals surface area contributed by atoms with E-state index in [1.807, 2.05) is 0 Å². The minimum absolute atomic E-state index is 0.943. The Morgan fingerprint density at radius 2 is 0.717 bits per heavy atom. The highest BCUT2D eigenvalue weighted by Crippen LogP contribution is 2.42. The minimum Gasteiger partial charge on any atom is -0.292 e. The van der Waals surface area contributed by atoms with Gasteiger partial charge >= 0.3 is 0 Å². The van der Waals surface area contributed by atoms with Gasteiger partial charge in [0.2, 0.25) is 0 Å². The van der Waals surface area contributed by atoms with Gasteiger partial charge in [0.05, 0.1) is 11.0 Å². The Morgan fingerprint density at radius 1 is 0.317 bits per heavy atom. The summed E-state index contributed by atoms with van der Waals surface area (Å²) in [4.78, 5) is 5.30. The molecular weight excluding hydrogens is 709 g/mol. The Labute approximate surface area is 366 Å². The van der Waals surface area contributed by atoms with Crippen molar-refractivity contribution in [2.24, 2.45) is 0 Å². The molecule has 9 rings (SSSR count). The number of hydrogen-bond donors (Lipinski definition) is 0. The molecule has 9 aromatic rings. The van der Waals surface area contributed by atoms with Crippen molar-refractivity contribution in [3.8, 4) is 50.5 Å². The van der Waals surface area contributed by atoms with E-state index in [-0.39, 0.29) is 0 Å². The molecule has 0 radical (unpaired) electrons. The zero-order chi connectivity index (χ0) is 42.5. The van der Waals surface area contributed by atoms with Crippen molar-refractivity contribution in [1.29, 1.82) is 0 Å². The molecule has 0 saturated heterocycles. The Kier molecular flexibility index (Phi) is 9.97. The highest BCUT2D eigenvalue weighted by atomic mass is 15.1. The fraction of sp³-hybridized carbons (Fsp3) is 0. The van der Waals surface area contributed by atoms with Crippen molar-refractivity contribution in [3.63, 3.8) is 0 Å². The molecule has 0 unspecified atom stereocenters. The Morgan fingerprint density at radius 3 is 1.23 bits per heavy atom. The lowest BCUT2D eigenvalue weighted by atomic mass is 9.59. The van der Waals surface area contributed by atoms with E-state index in [4.69, 9.17) is 4.98 Å². The number of imidazole rings is 1. The molecule has 2 nitrogen and oxygen atoms in total. The average molecular weight is 752 g/mol. The second-order valence-corrected chi connectivity index (χ2v) is 17.5. The summed E-state index contributed by atoms with van der Waals surface area (Å²) in [6, 6.07) is 37.8. The zero-order valence-corrected chi connectivity index (χ0v) is 37.7. The topological polar surface area (TPSA) is 17.8 Å². The lowest BCUT2D eigenvalue weighted by Crippen LogP contribution is -2.55. The largest absolute Gasteiger partial charge is 0.292 e. The molecule has 272 valence electrons. The molecule has 0 aliphatic heterocycles. The van der Waals surface area contributed by atoms with Gasteiger partial charge in [0, 0.05) is 11.3 Å². The summed E-state index contributed by atoms with van der Waals surface area (Å²) in [7, 11) is 30.0. The fourth-order valence-corrected chi connectivity index (χ4v) is 10.3. The van der Waals surface area contributed by atoms with Gasteiger partial charge in [0.25, 0.3) is 0 Å². The van der Waals surface area contributed by atoms with Gasteiger partial charge in [0.1, 0.15) is 108 Å². The summed E-state index contributed by atoms with van der Waals surface area (Å²) in [5.74, 6) is 0.943. The van der Waals surface area contributed by atoms with E-state index in [0.717, 1.165) is 28.1 Å². The SMILES string of the molecule is Bc1c(B)c(B)c(-c2ccc(-c3c4c(B)c(B)c(B)c(B)c4c(-c4cccc(-c5nc6ccccc6n5-c5ccccc5)c4)c4c(B)c(B)c(B)c(B)c34)cc2)c(B)c1B. The number of rotatable bonds is 5. The summed E-state index contributed by atoms with van der Waals surface area (Å²) in [5.41, 5.74) is 29.8. The van der Waals surface area contributed by atoms with Crippen molar-refractivity contribution >= 4 is 206 Å². The number of nitrogens with zero attached hydrogens (tertiary/aromatic N) is 2. The summed E-state index contributed by atoms with van der Waals surface area (Å²) in [5, 5.41) is 5.40. The van der Waals surface area contributed by atoms with Gasteiger partial charge in [-0.05, 0) is 85.3 Å². The first-order chi connectivity index (χ1) is 28.7. The molecule has 0 atom stereocenters. The summed E-state index contributed by atoms with van der Waals surface area (Å²) >= 11 is 0. The van der Waals surface area contributed by atoms with E-state index < -0.39 is 0 Å². The van der Waals surface area contributed by atoms with E-state index in [9.17, 15) is 0 Å². The Balaban J connectivity index is 1.39. The third kappa shape index (κ3) is 5.93. The molecular formula is C45H43B13N2. The molecule has 0 amide bonds. The molecule has 0 saturated carbocycles. The number of para-hydroxylation sites is 3. The second-order valence-electron chi connectivity index (χ2n) is 17.5. The first-order valence-electron chi connectivity index (χ1n) is 21.5. The Hall–Kier alpha value is -5.41. The van der Waals surface area contributed by atoms with E-state index in [1.165, 1.54) is 126 Å². The van der Waals surface area contributed by atoms with Crippen LogP contribution in [0.1, 0.15) is 0 Å². The predicted molar refractivity (Wildman–Crippen MR) is 304 cm³/mol. The van der Waals surface area contributed by atoms with Crippen LogP contribution in [-0.4, -0.2) is 112 Å². The van der Waals surface area contributed by atoms with Crippen LogP contribution in [0.25, 0.3) is 83.0 Å². The van der Waals surface area contributed by atoms with Crippen LogP contribution >= 0.6 is 0 Å². The molecule has 1 aromatic heterocycles. The minimum atomic E-state index is 0.943. The molecule has 0 N–H and O–H groups in total. The van der Waals surface area contributed by atoms with Crippen molar-refractivity contribution in [2.75, 3.05) is 0 Å². The van der Waals surface area contributed by atoms with E-state index in [0.29, 0.717) is 0 Å². The Bertz CT molecular complexity index is 3180. The number of benzene rings is 8. The van der Waals surface area contributed by atoms with Crippen LogP contribution < -0.4 is 71.0 Å². The third-order valence-electron chi connectivity index (χ3n) is 14.8. The summed E-state index contributed by atoms with van der Waals surface area (Å²) < 4.78 is 2.31. The van der Waals surface area contributed by atoms with Crippen LogP contribution in [0.3, 0.4) is 0 Å². The van der Waals surface area contributed by atoms with Gasteiger partial charge in [-0.3, -0.25) is 4.57 Å². The average Bonchev–Trinajstić information content (AvgIpc) is 3.67. The van der Waals surface area contributed by atoms with E-state index >= 15 is 0 Å². The second kappa shape index (κ2) is 14.9. The quantitative estimate of drug-likeness (QED) is 0.126. The maximum Gasteiger partial charge on any atom is 0.145 e. The van der Waals surface area contributed by atoms with Crippen molar-refractivity contribution < 1.29 is 0 Å². The van der Waals surface area contributed by atoms with Crippen LogP contribution in [0.5, 0.6) is 0 Å². The lowest BCUT2D eigenvalue weighted by Gasteiger charge is -2.28. The molecule has 15 heteroatoms. The number of aromatic nitrogens is 2. The lowest BCUT2D eigenvalue weighted by molar-refractivity contribution is 1.10. The molecule has 0 spiro atoms.